The van der Waals surface area contributed by atoms with Gasteiger partial charge >= 0.3 is 0 Å². The number of ether oxygens (including phenoxy) is 1. The monoisotopic (exact) mass is 338 g/mol. The summed E-state index contributed by atoms with van der Waals surface area (Å²) in [5.74, 6) is 0.521. The summed E-state index contributed by atoms with van der Waals surface area (Å²) in [4.78, 5) is 14.7. The van der Waals surface area contributed by atoms with Crippen molar-refractivity contribution in [2.75, 3.05) is 26.1 Å². The fourth-order valence-corrected chi connectivity index (χ4v) is 3.85. The predicted molar refractivity (Wildman–Crippen MR) is 101 cm³/mol. The molecule has 0 radical (unpaired) electrons. The number of hydrogen-bond donors (Lipinski definition) is 1. The van der Waals surface area contributed by atoms with E-state index >= 15 is 0 Å². The fourth-order valence-electron chi connectivity index (χ4n) is 3.85. The average Bonchev–Trinajstić information content (AvgIpc) is 2.61. The van der Waals surface area contributed by atoms with Gasteiger partial charge in [0.15, 0.2) is 0 Å². The van der Waals surface area contributed by atoms with Crippen molar-refractivity contribution in [3.63, 3.8) is 0 Å². The van der Waals surface area contributed by atoms with E-state index in [1.54, 1.807) is 7.11 Å². The van der Waals surface area contributed by atoms with Gasteiger partial charge in [-0.3, -0.25) is 4.79 Å². The van der Waals surface area contributed by atoms with Crippen LogP contribution in [0.25, 0.3) is 0 Å². The summed E-state index contributed by atoms with van der Waals surface area (Å²) in [5.41, 5.74) is 9.78. The van der Waals surface area contributed by atoms with Gasteiger partial charge in [0.2, 0.25) is 5.91 Å². The second-order valence-corrected chi connectivity index (χ2v) is 7.06. The normalized spacial score (nSPS) is 19.2. The molecule has 0 saturated heterocycles. The highest BCUT2D eigenvalue weighted by molar-refractivity contribution is 5.88. The molecule has 3 rings (SSSR count). The molecule has 0 saturated carbocycles. The Morgan fingerprint density at radius 3 is 2.52 bits per heavy atom. The van der Waals surface area contributed by atoms with Gasteiger partial charge in [-0.1, -0.05) is 18.2 Å². The lowest BCUT2D eigenvalue weighted by molar-refractivity contribution is -0.124. The Hall–Kier alpha value is -2.49. The SMILES string of the molecule is COc1ccc2c(c1)C(Cc1ccc(N(C)C)cc1)(C(N)=O)CCC2. The molecule has 2 aromatic carbocycles. The van der Waals surface area contributed by atoms with E-state index in [-0.39, 0.29) is 5.91 Å². The Kier molecular flexibility index (Phi) is 4.71. The van der Waals surface area contributed by atoms with Crippen LogP contribution in [0.15, 0.2) is 42.5 Å². The minimum atomic E-state index is -0.665. The second kappa shape index (κ2) is 6.79. The first kappa shape index (κ1) is 17.3. The molecule has 1 atom stereocenters. The summed E-state index contributed by atoms with van der Waals surface area (Å²) in [6, 6.07) is 14.4. The van der Waals surface area contributed by atoms with Gasteiger partial charge in [-0.25, -0.2) is 0 Å². The first-order valence-corrected chi connectivity index (χ1v) is 8.70. The summed E-state index contributed by atoms with van der Waals surface area (Å²) in [5, 5.41) is 0. The highest BCUT2D eigenvalue weighted by Crippen LogP contribution is 2.41. The first-order chi connectivity index (χ1) is 12.0. The largest absolute Gasteiger partial charge is 0.497 e. The molecule has 0 fully saturated rings. The van der Waals surface area contributed by atoms with Gasteiger partial charge in [0, 0.05) is 19.8 Å². The molecule has 25 heavy (non-hydrogen) atoms. The number of hydrogen-bond acceptors (Lipinski definition) is 3. The van der Waals surface area contributed by atoms with Crippen LogP contribution in [0.4, 0.5) is 5.69 Å². The molecule has 1 aliphatic rings. The molecular formula is C21H26N2O2. The zero-order valence-corrected chi connectivity index (χ0v) is 15.2. The first-order valence-electron chi connectivity index (χ1n) is 8.70. The maximum absolute atomic E-state index is 12.6. The summed E-state index contributed by atoms with van der Waals surface area (Å²) >= 11 is 0. The Morgan fingerprint density at radius 2 is 1.92 bits per heavy atom. The summed E-state index contributed by atoms with van der Waals surface area (Å²) in [6.45, 7) is 0. The standard InChI is InChI=1S/C21H26N2O2/c1-23(2)17-9-6-15(7-10-17)14-21(20(22)24)12-4-5-16-8-11-18(25-3)13-19(16)21/h6-11,13H,4-5,12,14H2,1-3H3,(H2,22,24). The summed E-state index contributed by atoms with van der Waals surface area (Å²) in [6.07, 6.45) is 3.35. The van der Waals surface area contributed by atoms with Gasteiger partial charge in [-0.05, 0) is 66.6 Å². The molecule has 1 aliphatic carbocycles. The minimum Gasteiger partial charge on any atom is -0.497 e. The molecule has 0 bridgehead atoms. The van der Waals surface area contributed by atoms with E-state index in [2.05, 4.69) is 35.2 Å². The van der Waals surface area contributed by atoms with Crippen molar-refractivity contribution in [3.05, 3.63) is 59.2 Å². The smallest absolute Gasteiger partial charge is 0.228 e. The van der Waals surface area contributed by atoms with Crippen LogP contribution in [-0.2, 0) is 23.1 Å². The lowest BCUT2D eigenvalue weighted by atomic mass is 9.66. The van der Waals surface area contributed by atoms with Crippen LogP contribution >= 0.6 is 0 Å². The van der Waals surface area contributed by atoms with E-state index in [9.17, 15) is 4.79 Å². The van der Waals surface area contributed by atoms with Crippen LogP contribution in [0, 0.1) is 0 Å². The molecule has 4 nitrogen and oxygen atoms in total. The van der Waals surface area contributed by atoms with Crippen LogP contribution in [0.2, 0.25) is 0 Å². The van der Waals surface area contributed by atoms with E-state index in [0.29, 0.717) is 6.42 Å². The van der Waals surface area contributed by atoms with E-state index in [4.69, 9.17) is 10.5 Å². The number of nitrogens with two attached hydrogens (primary N) is 1. The third-order valence-electron chi connectivity index (χ3n) is 5.31. The number of methoxy groups -OCH3 is 1. The van der Waals surface area contributed by atoms with Gasteiger partial charge < -0.3 is 15.4 Å². The van der Waals surface area contributed by atoms with Crippen LogP contribution < -0.4 is 15.4 Å². The predicted octanol–water partition coefficient (Wildman–Crippen LogP) is 3.06. The minimum absolute atomic E-state index is 0.251. The number of fused-ring (bicyclic) bond motifs is 1. The summed E-state index contributed by atoms with van der Waals surface area (Å²) < 4.78 is 5.39. The van der Waals surface area contributed by atoms with Crippen LogP contribution in [0.5, 0.6) is 5.75 Å². The highest BCUT2D eigenvalue weighted by atomic mass is 16.5. The number of carbonyl (C=O) groups is 1. The van der Waals surface area contributed by atoms with E-state index in [0.717, 1.165) is 41.8 Å². The Labute approximate surface area is 149 Å². The van der Waals surface area contributed by atoms with Crippen molar-refractivity contribution in [1.82, 2.24) is 0 Å². The van der Waals surface area contributed by atoms with Gasteiger partial charge in [0.05, 0.1) is 12.5 Å². The molecule has 1 amide bonds. The van der Waals surface area contributed by atoms with Crippen molar-refractivity contribution in [1.29, 1.82) is 0 Å². The second-order valence-electron chi connectivity index (χ2n) is 7.06. The van der Waals surface area contributed by atoms with Crippen molar-refractivity contribution in [2.24, 2.45) is 5.73 Å². The Balaban J connectivity index is 2.02. The zero-order chi connectivity index (χ0) is 18.0. The van der Waals surface area contributed by atoms with Crippen molar-refractivity contribution >= 4 is 11.6 Å². The number of nitrogens with zero attached hydrogens (tertiary/aromatic N) is 1. The quantitative estimate of drug-likeness (QED) is 0.911. The van der Waals surface area contributed by atoms with Crippen LogP contribution in [0.1, 0.15) is 29.5 Å². The highest BCUT2D eigenvalue weighted by Gasteiger charge is 2.42. The number of aryl methyl sites for hydroxylation is 1. The number of anilines is 1. The van der Waals surface area contributed by atoms with Crippen LogP contribution in [-0.4, -0.2) is 27.1 Å². The van der Waals surface area contributed by atoms with Gasteiger partial charge in [-0.2, -0.15) is 0 Å². The third kappa shape index (κ3) is 3.21. The Morgan fingerprint density at radius 1 is 1.20 bits per heavy atom. The maximum atomic E-state index is 12.6. The third-order valence-corrected chi connectivity index (χ3v) is 5.31. The van der Waals surface area contributed by atoms with Crippen molar-refractivity contribution < 1.29 is 9.53 Å². The molecule has 2 N–H and O–H groups in total. The molecule has 2 aromatic rings. The van der Waals surface area contributed by atoms with Gasteiger partial charge in [0.1, 0.15) is 5.75 Å². The molecule has 1 unspecified atom stereocenters. The molecule has 0 spiro atoms. The van der Waals surface area contributed by atoms with E-state index in [1.807, 2.05) is 26.2 Å². The molecule has 4 heteroatoms. The number of benzene rings is 2. The lowest BCUT2D eigenvalue weighted by Gasteiger charge is -2.37. The molecule has 0 aliphatic heterocycles. The topological polar surface area (TPSA) is 55.6 Å². The summed E-state index contributed by atoms with van der Waals surface area (Å²) in [7, 11) is 5.68. The number of primary amides is 1. The molecule has 0 heterocycles. The lowest BCUT2D eigenvalue weighted by Crippen LogP contribution is -2.45. The molecule has 132 valence electrons. The average molecular weight is 338 g/mol. The van der Waals surface area contributed by atoms with Crippen LogP contribution in [0.3, 0.4) is 0 Å². The molecule has 0 aromatic heterocycles. The van der Waals surface area contributed by atoms with Crippen molar-refractivity contribution in [2.45, 2.75) is 31.1 Å². The van der Waals surface area contributed by atoms with E-state index in [1.165, 1.54) is 5.56 Å². The molecular weight excluding hydrogens is 312 g/mol. The van der Waals surface area contributed by atoms with E-state index < -0.39 is 5.41 Å². The Bertz CT molecular complexity index is 768. The number of rotatable bonds is 5. The van der Waals surface area contributed by atoms with Gasteiger partial charge in [0.25, 0.3) is 0 Å². The number of amides is 1. The zero-order valence-electron chi connectivity index (χ0n) is 15.2. The van der Waals surface area contributed by atoms with Crippen molar-refractivity contribution in [3.8, 4) is 5.75 Å². The fraction of sp³-hybridized carbons (Fsp3) is 0.381. The van der Waals surface area contributed by atoms with Gasteiger partial charge in [-0.15, -0.1) is 0 Å². The maximum Gasteiger partial charge on any atom is 0.228 e. The number of carbonyl (C=O) groups excluding carboxylic acids is 1.